The molecule has 1 aliphatic heterocycles. The fourth-order valence-electron chi connectivity index (χ4n) is 2.40. The second-order valence-corrected chi connectivity index (χ2v) is 5.30. The van der Waals surface area contributed by atoms with Gasteiger partial charge in [0.15, 0.2) is 0 Å². The van der Waals surface area contributed by atoms with Crippen LogP contribution < -0.4 is 5.73 Å². The summed E-state index contributed by atoms with van der Waals surface area (Å²) in [5.74, 6) is 0. The maximum Gasteiger partial charge on any atom is 0.0948 e. The summed E-state index contributed by atoms with van der Waals surface area (Å²) in [7, 11) is 0. The summed E-state index contributed by atoms with van der Waals surface area (Å²) in [5.41, 5.74) is 6.93. The molecule has 1 unspecified atom stereocenters. The predicted molar refractivity (Wildman–Crippen MR) is 76.4 cm³/mol. The first-order valence-corrected chi connectivity index (χ1v) is 6.76. The minimum Gasteiger partial charge on any atom is -0.392 e. The lowest BCUT2D eigenvalue weighted by Gasteiger charge is -2.34. The van der Waals surface area contributed by atoms with Crippen LogP contribution in [0.25, 0.3) is 0 Å². The normalized spacial score (nSPS) is 18.9. The highest BCUT2D eigenvalue weighted by Gasteiger charge is 2.25. The maximum absolute atomic E-state index is 6.24. The van der Waals surface area contributed by atoms with Gasteiger partial charge < -0.3 is 5.73 Å². The number of nitrogens with zero attached hydrogens (tertiary/aromatic N) is 1. The minimum absolute atomic E-state index is 0.0148. The van der Waals surface area contributed by atoms with Crippen LogP contribution in [0.15, 0.2) is 24.3 Å². The number of nitrogens with two attached hydrogens (primary N) is 1. The van der Waals surface area contributed by atoms with Crippen LogP contribution >= 0.6 is 23.8 Å². The molecular formula is C13H17ClN2S. The summed E-state index contributed by atoms with van der Waals surface area (Å²) in [6.07, 6.45) is 3.72. The molecule has 2 rings (SSSR count). The lowest BCUT2D eigenvalue weighted by atomic mass is 10.0. The summed E-state index contributed by atoms with van der Waals surface area (Å²) in [6, 6.07) is 7.81. The Morgan fingerprint density at radius 3 is 2.47 bits per heavy atom. The van der Waals surface area contributed by atoms with E-state index in [1.165, 1.54) is 19.3 Å². The van der Waals surface area contributed by atoms with Crippen LogP contribution in [0.5, 0.6) is 0 Å². The molecule has 1 heterocycles. The highest BCUT2D eigenvalue weighted by Crippen LogP contribution is 2.29. The van der Waals surface area contributed by atoms with Gasteiger partial charge in [0.05, 0.1) is 11.0 Å². The highest BCUT2D eigenvalue weighted by molar-refractivity contribution is 7.80. The number of likely N-dealkylation sites (tertiary alicyclic amines) is 1. The first kappa shape index (κ1) is 12.8. The van der Waals surface area contributed by atoms with E-state index >= 15 is 0 Å². The third-order valence-electron chi connectivity index (χ3n) is 3.23. The molecule has 0 radical (unpaired) electrons. The van der Waals surface area contributed by atoms with Crippen molar-refractivity contribution in [1.82, 2.24) is 4.90 Å². The van der Waals surface area contributed by atoms with Crippen LogP contribution in [-0.2, 0) is 0 Å². The number of benzene rings is 1. The van der Waals surface area contributed by atoms with Crippen molar-refractivity contribution < 1.29 is 0 Å². The van der Waals surface area contributed by atoms with Gasteiger partial charge in [-0.2, -0.15) is 0 Å². The van der Waals surface area contributed by atoms with E-state index in [-0.39, 0.29) is 6.04 Å². The van der Waals surface area contributed by atoms with Gasteiger partial charge in [-0.1, -0.05) is 48.4 Å². The van der Waals surface area contributed by atoms with Crippen LogP contribution in [0.2, 0.25) is 5.02 Å². The molecule has 0 spiro atoms. The van der Waals surface area contributed by atoms with Crippen molar-refractivity contribution in [2.75, 3.05) is 13.1 Å². The maximum atomic E-state index is 6.24. The van der Waals surface area contributed by atoms with Crippen molar-refractivity contribution in [3.05, 3.63) is 34.9 Å². The van der Waals surface area contributed by atoms with Gasteiger partial charge in [-0.3, -0.25) is 4.90 Å². The van der Waals surface area contributed by atoms with Crippen LogP contribution in [0.1, 0.15) is 30.9 Å². The monoisotopic (exact) mass is 268 g/mol. The van der Waals surface area contributed by atoms with Gasteiger partial charge in [-0.25, -0.2) is 0 Å². The zero-order valence-electron chi connectivity index (χ0n) is 9.73. The molecule has 92 valence electrons. The Morgan fingerprint density at radius 2 is 1.88 bits per heavy atom. The Balaban J connectivity index is 2.28. The Labute approximate surface area is 113 Å². The summed E-state index contributed by atoms with van der Waals surface area (Å²) < 4.78 is 0. The largest absolute Gasteiger partial charge is 0.392 e. The van der Waals surface area contributed by atoms with E-state index in [1.54, 1.807) is 0 Å². The van der Waals surface area contributed by atoms with E-state index in [2.05, 4.69) is 4.90 Å². The summed E-state index contributed by atoms with van der Waals surface area (Å²) in [4.78, 5) is 2.85. The van der Waals surface area contributed by atoms with Crippen molar-refractivity contribution in [3.8, 4) is 0 Å². The van der Waals surface area contributed by atoms with E-state index in [0.717, 1.165) is 23.7 Å². The minimum atomic E-state index is -0.0148. The first-order chi connectivity index (χ1) is 8.20. The zero-order valence-corrected chi connectivity index (χ0v) is 11.3. The topological polar surface area (TPSA) is 29.3 Å². The molecule has 2 N–H and O–H groups in total. The molecule has 1 fully saturated rings. The van der Waals surface area contributed by atoms with E-state index in [4.69, 9.17) is 29.6 Å². The Kier molecular flexibility index (Phi) is 4.37. The molecule has 0 aromatic heterocycles. The van der Waals surface area contributed by atoms with Gasteiger partial charge in [0.1, 0.15) is 0 Å². The van der Waals surface area contributed by atoms with Gasteiger partial charge in [-0.15, -0.1) is 0 Å². The number of rotatable bonds is 3. The Hall–Kier alpha value is -0.640. The second-order valence-electron chi connectivity index (χ2n) is 4.42. The fourth-order valence-corrected chi connectivity index (χ4v) is 2.92. The molecule has 1 saturated heterocycles. The third kappa shape index (κ3) is 2.97. The van der Waals surface area contributed by atoms with Crippen molar-refractivity contribution >= 4 is 28.8 Å². The van der Waals surface area contributed by atoms with Gasteiger partial charge in [0, 0.05) is 5.02 Å². The number of halogens is 1. The van der Waals surface area contributed by atoms with E-state index < -0.39 is 0 Å². The lowest BCUT2D eigenvalue weighted by Crippen LogP contribution is -2.40. The second kappa shape index (κ2) is 5.80. The molecule has 1 aliphatic rings. The van der Waals surface area contributed by atoms with Crippen molar-refractivity contribution in [1.29, 1.82) is 0 Å². The van der Waals surface area contributed by atoms with Crippen molar-refractivity contribution in [3.63, 3.8) is 0 Å². The predicted octanol–water partition coefficient (Wildman–Crippen LogP) is 3.15. The smallest absolute Gasteiger partial charge is 0.0948 e. The van der Waals surface area contributed by atoms with Crippen LogP contribution in [0.4, 0.5) is 0 Å². The SMILES string of the molecule is NC(=S)C(c1ccccc1Cl)N1CCCCC1. The molecule has 4 heteroatoms. The molecule has 0 bridgehead atoms. The Morgan fingerprint density at radius 1 is 1.24 bits per heavy atom. The molecule has 0 amide bonds. The lowest BCUT2D eigenvalue weighted by molar-refractivity contribution is 0.203. The molecular weight excluding hydrogens is 252 g/mol. The van der Waals surface area contributed by atoms with E-state index in [1.807, 2.05) is 24.3 Å². The average molecular weight is 269 g/mol. The molecule has 17 heavy (non-hydrogen) atoms. The van der Waals surface area contributed by atoms with Crippen molar-refractivity contribution in [2.24, 2.45) is 5.73 Å². The van der Waals surface area contributed by atoms with Crippen LogP contribution in [0, 0.1) is 0 Å². The fraction of sp³-hybridized carbons (Fsp3) is 0.462. The molecule has 1 aromatic carbocycles. The first-order valence-electron chi connectivity index (χ1n) is 5.98. The van der Waals surface area contributed by atoms with Crippen LogP contribution in [-0.4, -0.2) is 23.0 Å². The molecule has 2 nitrogen and oxygen atoms in total. The molecule has 1 atom stereocenters. The zero-order chi connectivity index (χ0) is 12.3. The molecule has 0 saturated carbocycles. The summed E-state index contributed by atoms with van der Waals surface area (Å²) in [5, 5.41) is 0.746. The van der Waals surface area contributed by atoms with Gasteiger partial charge in [0.25, 0.3) is 0 Å². The third-order valence-corrected chi connectivity index (χ3v) is 3.79. The summed E-state index contributed by atoms with van der Waals surface area (Å²) >= 11 is 11.5. The number of thiocarbonyl (C=S) groups is 1. The average Bonchev–Trinajstić information content (AvgIpc) is 2.33. The van der Waals surface area contributed by atoms with E-state index in [9.17, 15) is 0 Å². The molecule has 1 aromatic rings. The van der Waals surface area contributed by atoms with Crippen LogP contribution in [0.3, 0.4) is 0 Å². The van der Waals surface area contributed by atoms with Gasteiger partial charge in [-0.05, 0) is 37.6 Å². The number of hydrogen-bond donors (Lipinski definition) is 1. The Bertz CT molecular complexity index is 402. The number of hydrogen-bond acceptors (Lipinski definition) is 2. The quantitative estimate of drug-likeness (QED) is 0.854. The molecule has 0 aliphatic carbocycles. The van der Waals surface area contributed by atoms with Gasteiger partial charge >= 0.3 is 0 Å². The van der Waals surface area contributed by atoms with E-state index in [0.29, 0.717) is 4.99 Å². The van der Waals surface area contributed by atoms with Gasteiger partial charge in [0.2, 0.25) is 0 Å². The van der Waals surface area contributed by atoms with Crippen molar-refractivity contribution in [2.45, 2.75) is 25.3 Å². The number of piperidine rings is 1. The highest BCUT2D eigenvalue weighted by atomic mass is 35.5. The standard InChI is InChI=1S/C13H17ClN2S/c14-11-7-3-2-6-10(11)12(13(15)17)16-8-4-1-5-9-16/h2-3,6-7,12H,1,4-5,8-9H2,(H2,15,17). The summed E-state index contributed by atoms with van der Waals surface area (Å²) in [6.45, 7) is 2.10.